The third-order valence-electron chi connectivity index (χ3n) is 2.45. The van der Waals surface area contributed by atoms with E-state index in [0.29, 0.717) is 5.69 Å². The van der Waals surface area contributed by atoms with Gasteiger partial charge in [0.05, 0.1) is 20.6 Å². The van der Waals surface area contributed by atoms with Crippen molar-refractivity contribution in [3.63, 3.8) is 0 Å². The molecule has 1 aromatic heterocycles. The number of benzene rings is 1. The molecule has 2 rings (SSSR count). The van der Waals surface area contributed by atoms with Crippen molar-refractivity contribution in [3.8, 4) is 5.75 Å². The molecule has 0 aliphatic heterocycles. The molecular weight excluding hydrogens is 403 g/mol. The van der Waals surface area contributed by atoms with E-state index in [9.17, 15) is 8.42 Å². The second kappa shape index (κ2) is 6.50. The van der Waals surface area contributed by atoms with Gasteiger partial charge in [0.1, 0.15) is 6.61 Å². The Morgan fingerprint density at radius 1 is 1.24 bits per heavy atom. The lowest BCUT2D eigenvalue weighted by Gasteiger charge is -2.11. The highest BCUT2D eigenvalue weighted by atomic mass is 79.9. The molecule has 0 saturated heterocycles. The number of hydrogen-bond donors (Lipinski definition) is 1. The van der Waals surface area contributed by atoms with Crippen molar-refractivity contribution < 1.29 is 13.2 Å². The first-order chi connectivity index (χ1) is 9.77. The fourth-order valence-corrected chi connectivity index (χ4v) is 3.00. The third kappa shape index (κ3) is 4.31. The van der Waals surface area contributed by atoms with Crippen molar-refractivity contribution in [1.29, 1.82) is 0 Å². The van der Waals surface area contributed by atoms with Gasteiger partial charge in [-0.2, -0.15) is 0 Å². The summed E-state index contributed by atoms with van der Waals surface area (Å²) in [6.07, 6.45) is 1.63. The number of ether oxygens (including phenoxy) is 1. The number of primary sulfonamides is 1. The summed E-state index contributed by atoms with van der Waals surface area (Å²) in [5, 5.41) is 5.14. The Balaban J connectivity index is 2.23. The summed E-state index contributed by atoms with van der Waals surface area (Å²) in [6, 6.07) is 5.96. The topological polar surface area (TPSA) is 82.3 Å². The number of pyridine rings is 1. The van der Waals surface area contributed by atoms with Gasteiger partial charge < -0.3 is 4.74 Å². The third-order valence-corrected chi connectivity index (χ3v) is 4.38. The van der Waals surface area contributed by atoms with Crippen molar-refractivity contribution in [1.82, 2.24) is 4.98 Å². The largest absolute Gasteiger partial charge is 0.484 e. The monoisotopic (exact) mass is 410 g/mol. The Kier molecular flexibility index (Phi) is 5.11. The standard InChI is InChI=1S/C12H9BrCl2N2O3S/c13-7-1-2-8(17-5-7)6-20-12-10(14)3-9(4-11(12)15)21(16,18)19/h1-5H,6H2,(H2,16,18,19). The number of aromatic nitrogens is 1. The molecule has 0 fully saturated rings. The Labute approximate surface area is 140 Å². The average molecular weight is 412 g/mol. The lowest BCUT2D eigenvalue weighted by Crippen LogP contribution is -2.12. The number of nitrogens with zero attached hydrogens (tertiary/aromatic N) is 1. The zero-order valence-corrected chi connectivity index (χ0v) is 14.3. The molecule has 0 atom stereocenters. The first kappa shape index (κ1) is 16.5. The minimum atomic E-state index is -3.88. The molecule has 0 bridgehead atoms. The fraction of sp³-hybridized carbons (Fsp3) is 0.0833. The van der Waals surface area contributed by atoms with Gasteiger partial charge >= 0.3 is 0 Å². The summed E-state index contributed by atoms with van der Waals surface area (Å²) in [7, 11) is -3.88. The Hall–Kier alpha value is -0.860. The van der Waals surface area contributed by atoms with Crippen LogP contribution in [0.15, 0.2) is 39.8 Å². The van der Waals surface area contributed by atoms with Gasteiger partial charge in [-0.25, -0.2) is 13.6 Å². The molecule has 21 heavy (non-hydrogen) atoms. The van der Waals surface area contributed by atoms with Gasteiger partial charge in [0, 0.05) is 10.7 Å². The summed E-state index contributed by atoms with van der Waals surface area (Å²) in [6.45, 7) is 0.140. The molecule has 5 nitrogen and oxygen atoms in total. The van der Waals surface area contributed by atoms with Gasteiger partial charge in [-0.15, -0.1) is 0 Å². The molecule has 2 aromatic rings. The highest BCUT2D eigenvalue weighted by Crippen LogP contribution is 2.35. The van der Waals surface area contributed by atoms with Crippen LogP contribution in [-0.4, -0.2) is 13.4 Å². The van der Waals surface area contributed by atoms with Gasteiger partial charge in [-0.05, 0) is 40.2 Å². The van der Waals surface area contributed by atoms with Crippen LogP contribution in [0, 0.1) is 0 Å². The number of nitrogens with two attached hydrogens (primary N) is 1. The van der Waals surface area contributed by atoms with E-state index in [1.807, 2.05) is 6.07 Å². The lowest BCUT2D eigenvalue weighted by molar-refractivity contribution is 0.301. The van der Waals surface area contributed by atoms with E-state index in [1.165, 1.54) is 12.1 Å². The molecule has 1 aromatic carbocycles. The first-order valence-corrected chi connectivity index (χ1v) is 8.62. The van der Waals surface area contributed by atoms with Crippen LogP contribution in [0.2, 0.25) is 10.0 Å². The summed E-state index contributed by atoms with van der Waals surface area (Å²) in [5.41, 5.74) is 0.667. The molecule has 2 N–H and O–H groups in total. The molecule has 0 radical (unpaired) electrons. The molecule has 1 heterocycles. The van der Waals surface area contributed by atoms with Gasteiger partial charge in [0.25, 0.3) is 0 Å². The second-order valence-electron chi connectivity index (χ2n) is 4.02. The van der Waals surface area contributed by atoms with Crippen molar-refractivity contribution >= 4 is 49.2 Å². The van der Waals surface area contributed by atoms with Gasteiger partial charge in [-0.3, -0.25) is 4.98 Å². The van der Waals surface area contributed by atoms with Crippen LogP contribution in [0.25, 0.3) is 0 Å². The minimum Gasteiger partial charge on any atom is -0.484 e. The predicted octanol–water partition coefficient (Wildman–Crippen LogP) is 3.38. The maximum absolute atomic E-state index is 11.3. The fourth-order valence-electron chi connectivity index (χ4n) is 1.48. The van der Waals surface area contributed by atoms with E-state index in [0.717, 1.165) is 4.47 Å². The normalized spacial score (nSPS) is 11.4. The molecule has 0 unspecified atom stereocenters. The maximum atomic E-state index is 11.3. The Morgan fingerprint density at radius 3 is 2.33 bits per heavy atom. The average Bonchev–Trinajstić information content (AvgIpc) is 2.38. The molecular formula is C12H9BrCl2N2O3S. The van der Waals surface area contributed by atoms with Crippen LogP contribution in [0.5, 0.6) is 5.75 Å². The smallest absolute Gasteiger partial charge is 0.238 e. The van der Waals surface area contributed by atoms with E-state index in [-0.39, 0.29) is 27.3 Å². The quantitative estimate of drug-likeness (QED) is 0.835. The summed E-state index contributed by atoms with van der Waals surface area (Å²) in [4.78, 5) is 3.96. The molecule has 0 amide bonds. The summed E-state index contributed by atoms with van der Waals surface area (Å²) >= 11 is 15.2. The summed E-state index contributed by atoms with van der Waals surface area (Å²) in [5.74, 6) is 0.176. The van der Waals surface area contributed by atoms with E-state index in [4.69, 9.17) is 33.1 Å². The van der Waals surface area contributed by atoms with Crippen LogP contribution in [-0.2, 0) is 16.6 Å². The summed E-state index contributed by atoms with van der Waals surface area (Å²) < 4.78 is 28.9. The molecule has 0 spiro atoms. The number of rotatable bonds is 4. The Bertz CT molecular complexity index is 744. The van der Waals surface area contributed by atoms with Crippen molar-refractivity contribution in [3.05, 3.63) is 50.7 Å². The van der Waals surface area contributed by atoms with E-state index in [2.05, 4.69) is 20.9 Å². The lowest BCUT2D eigenvalue weighted by atomic mass is 10.3. The van der Waals surface area contributed by atoms with E-state index >= 15 is 0 Å². The van der Waals surface area contributed by atoms with Gasteiger partial charge in [0.2, 0.25) is 10.0 Å². The maximum Gasteiger partial charge on any atom is 0.238 e. The van der Waals surface area contributed by atoms with Crippen LogP contribution >= 0.6 is 39.1 Å². The van der Waals surface area contributed by atoms with Crippen molar-refractivity contribution in [2.24, 2.45) is 5.14 Å². The second-order valence-corrected chi connectivity index (χ2v) is 7.31. The highest BCUT2D eigenvalue weighted by Gasteiger charge is 2.16. The number of hydrogen-bond acceptors (Lipinski definition) is 4. The van der Waals surface area contributed by atoms with Crippen molar-refractivity contribution in [2.45, 2.75) is 11.5 Å². The highest BCUT2D eigenvalue weighted by molar-refractivity contribution is 9.10. The molecule has 0 saturated carbocycles. The SMILES string of the molecule is NS(=O)(=O)c1cc(Cl)c(OCc2ccc(Br)cn2)c(Cl)c1. The molecule has 112 valence electrons. The molecule has 9 heteroatoms. The minimum absolute atomic E-state index is 0.0589. The van der Waals surface area contributed by atoms with Crippen molar-refractivity contribution in [2.75, 3.05) is 0 Å². The zero-order valence-electron chi connectivity index (χ0n) is 10.4. The van der Waals surface area contributed by atoms with Crippen LogP contribution in [0.3, 0.4) is 0 Å². The van der Waals surface area contributed by atoms with Crippen LogP contribution in [0.1, 0.15) is 5.69 Å². The van der Waals surface area contributed by atoms with Crippen LogP contribution in [0.4, 0.5) is 0 Å². The zero-order chi connectivity index (χ0) is 15.6. The Morgan fingerprint density at radius 2 is 1.86 bits per heavy atom. The van der Waals surface area contributed by atoms with Gasteiger partial charge in [0.15, 0.2) is 5.75 Å². The molecule has 0 aliphatic carbocycles. The first-order valence-electron chi connectivity index (χ1n) is 5.52. The predicted molar refractivity (Wildman–Crippen MR) is 84.1 cm³/mol. The van der Waals surface area contributed by atoms with E-state index < -0.39 is 10.0 Å². The van der Waals surface area contributed by atoms with E-state index in [1.54, 1.807) is 12.3 Å². The number of sulfonamides is 1. The van der Waals surface area contributed by atoms with Crippen LogP contribution < -0.4 is 9.88 Å². The number of halogens is 3. The van der Waals surface area contributed by atoms with Gasteiger partial charge in [-0.1, -0.05) is 23.2 Å². The molecule has 0 aliphatic rings.